The van der Waals surface area contributed by atoms with Gasteiger partial charge in [0.2, 0.25) is 11.7 Å². The Balaban J connectivity index is 0.000000437. The number of hydrogen-bond donors (Lipinski definition) is 2. The Morgan fingerprint density at radius 2 is 1.82 bits per heavy atom. The molecule has 2 N–H and O–H groups in total. The van der Waals surface area contributed by atoms with E-state index in [1.54, 1.807) is 30.3 Å². The fourth-order valence-electron chi connectivity index (χ4n) is 0.833. The highest BCUT2D eigenvalue weighted by Gasteiger charge is 2.10. The number of hydroxylamine groups is 1. The molecule has 7 heteroatoms. The zero-order valence-electron chi connectivity index (χ0n) is 9.12. The first-order valence-electron chi connectivity index (χ1n) is 4.58. The second-order valence-electron chi connectivity index (χ2n) is 2.95. The van der Waals surface area contributed by atoms with Gasteiger partial charge in [0.15, 0.2) is 0 Å². The van der Waals surface area contributed by atoms with Gasteiger partial charge in [0.1, 0.15) is 0 Å². The lowest BCUT2D eigenvalue weighted by atomic mass is 10.1. The van der Waals surface area contributed by atoms with Crippen LogP contribution in [0.5, 0.6) is 0 Å². The summed E-state index contributed by atoms with van der Waals surface area (Å²) in [7, 11) is 0. The van der Waals surface area contributed by atoms with Gasteiger partial charge in [-0.15, -0.1) is 0 Å². The predicted octanol–water partition coefficient (Wildman–Crippen LogP) is 0.658. The standard InChI is InChI=1S/C8H7NO3.C2H5NO2/c10-8(6-9(11)12)7-4-2-1-3-5-7;1-2(4)3-5/h1-5H,6H2;5H,1H3,(H,3,4). The number of carbonyl (C=O) groups is 2. The number of carbonyl (C=O) groups excluding carboxylic acids is 2. The third kappa shape index (κ3) is 7.63. The van der Waals surface area contributed by atoms with Crippen molar-refractivity contribution in [2.45, 2.75) is 6.92 Å². The minimum Gasteiger partial charge on any atom is -0.289 e. The summed E-state index contributed by atoms with van der Waals surface area (Å²) in [4.78, 5) is 29.8. The third-order valence-electron chi connectivity index (χ3n) is 1.53. The van der Waals surface area contributed by atoms with Crippen LogP contribution < -0.4 is 5.48 Å². The number of ketones is 1. The monoisotopic (exact) mass is 240 g/mol. The van der Waals surface area contributed by atoms with Crippen molar-refractivity contribution in [3.63, 3.8) is 0 Å². The molecule has 1 aromatic carbocycles. The largest absolute Gasteiger partial charge is 0.289 e. The van der Waals surface area contributed by atoms with Gasteiger partial charge >= 0.3 is 0 Å². The summed E-state index contributed by atoms with van der Waals surface area (Å²) >= 11 is 0. The van der Waals surface area contributed by atoms with Crippen molar-refractivity contribution in [3.8, 4) is 0 Å². The maximum absolute atomic E-state index is 11.0. The van der Waals surface area contributed by atoms with Gasteiger partial charge in [-0.05, 0) is 0 Å². The molecule has 0 bridgehead atoms. The topological polar surface area (TPSA) is 110 Å². The van der Waals surface area contributed by atoms with Crippen LogP contribution in [0.2, 0.25) is 0 Å². The van der Waals surface area contributed by atoms with Gasteiger partial charge in [-0.2, -0.15) is 0 Å². The smallest absolute Gasteiger partial charge is 0.265 e. The van der Waals surface area contributed by atoms with Gasteiger partial charge in [0.25, 0.3) is 6.54 Å². The van der Waals surface area contributed by atoms with Crippen LogP contribution >= 0.6 is 0 Å². The van der Waals surface area contributed by atoms with Crippen LogP contribution in [-0.4, -0.2) is 28.4 Å². The first kappa shape index (κ1) is 14.7. The second-order valence-corrected chi connectivity index (χ2v) is 2.95. The number of rotatable bonds is 3. The number of nitrogens with one attached hydrogen (secondary N) is 1. The van der Waals surface area contributed by atoms with E-state index in [2.05, 4.69) is 0 Å². The van der Waals surface area contributed by atoms with Crippen molar-refractivity contribution in [1.82, 2.24) is 5.48 Å². The molecule has 0 unspecified atom stereocenters. The number of Topliss-reactive ketones (excluding diaryl/α,β-unsaturated/α-hetero) is 1. The summed E-state index contributed by atoms with van der Waals surface area (Å²) in [6, 6.07) is 8.22. The first-order chi connectivity index (χ1) is 7.97. The van der Waals surface area contributed by atoms with E-state index < -0.39 is 23.2 Å². The minimum absolute atomic E-state index is 0.384. The van der Waals surface area contributed by atoms with Crippen molar-refractivity contribution in [2.75, 3.05) is 6.54 Å². The molecule has 17 heavy (non-hydrogen) atoms. The van der Waals surface area contributed by atoms with Gasteiger partial charge in [-0.3, -0.25) is 24.9 Å². The van der Waals surface area contributed by atoms with Crippen LogP contribution in [0.25, 0.3) is 0 Å². The molecule has 1 aromatic rings. The zero-order valence-corrected chi connectivity index (χ0v) is 9.12. The van der Waals surface area contributed by atoms with Crippen LogP contribution in [0.3, 0.4) is 0 Å². The van der Waals surface area contributed by atoms with E-state index >= 15 is 0 Å². The lowest BCUT2D eigenvalue weighted by molar-refractivity contribution is -0.465. The molecule has 1 amide bonds. The highest BCUT2D eigenvalue weighted by Crippen LogP contribution is 1.99. The number of nitrogens with zero attached hydrogens (tertiary/aromatic N) is 1. The van der Waals surface area contributed by atoms with Crippen molar-refractivity contribution in [1.29, 1.82) is 0 Å². The van der Waals surface area contributed by atoms with E-state index in [-0.39, 0.29) is 0 Å². The summed E-state index contributed by atoms with van der Waals surface area (Å²) in [6.45, 7) is 0.587. The molecule has 0 saturated carbocycles. The summed E-state index contributed by atoms with van der Waals surface area (Å²) in [5.74, 6) is -0.898. The minimum atomic E-state index is -0.635. The molecule has 0 aliphatic rings. The van der Waals surface area contributed by atoms with Gasteiger partial charge in [-0.25, -0.2) is 5.48 Å². The third-order valence-corrected chi connectivity index (χ3v) is 1.53. The molecule has 0 atom stereocenters. The predicted molar refractivity (Wildman–Crippen MR) is 58.2 cm³/mol. The fraction of sp³-hybridized carbons (Fsp3) is 0.200. The lowest BCUT2D eigenvalue weighted by Crippen LogP contribution is -2.13. The maximum Gasteiger partial charge on any atom is 0.265 e. The van der Waals surface area contributed by atoms with Gasteiger partial charge in [0.05, 0.1) is 0 Å². The van der Waals surface area contributed by atoms with Crippen molar-refractivity contribution in [3.05, 3.63) is 46.0 Å². The van der Waals surface area contributed by atoms with Crippen molar-refractivity contribution < 1.29 is 19.7 Å². The van der Waals surface area contributed by atoms with Crippen LogP contribution in [0, 0.1) is 10.1 Å². The second kappa shape index (κ2) is 7.94. The Bertz CT molecular complexity index is 391. The van der Waals surface area contributed by atoms with Gasteiger partial charge in [0, 0.05) is 17.4 Å². The Kier molecular flexibility index (Phi) is 6.88. The van der Waals surface area contributed by atoms with Gasteiger partial charge in [-0.1, -0.05) is 30.3 Å². The molecular weight excluding hydrogens is 228 g/mol. The Morgan fingerprint density at radius 3 is 2.18 bits per heavy atom. The maximum atomic E-state index is 11.0. The van der Waals surface area contributed by atoms with E-state index in [9.17, 15) is 19.7 Å². The van der Waals surface area contributed by atoms with Crippen molar-refractivity contribution in [2.24, 2.45) is 0 Å². The summed E-state index contributed by atoms with van der Waals surface area (Å²) in [5.41, 5.74) is 1.77. The van der Waals surface area contributed by atoms with E-state index in [1.165, 1.54) is 12.4 Å². The molecule has 0 aliphatic carbocycles. The average molecular weight is 240 g/mol. The first-order valence-corrected chi connectivity index (χ1v) is 4.58. The molecule has 0 spiro atoms. The van der Waals surface area contributed by atoms with Gasteiger partial charge < -0.3 is 0 Å². The lowest BCUT2D eigenvalue weighted by Gasteiger charge is -1.93. The number of hydrogen-bond acceptors (Lipinski definition) is 5. The summed E-state index contributed by atoms with van der Waals surface area (Å²) < 4.78 is 0. The van der Waals surface area contributed by atoms with E-state index in [0.29, 0.717) is 5.56 Å². The zero-order chi connectivity index (χ0) is 13.3. The Morgan fingerprint density at radius 1 is 1.35 bits per heavy atom. The SMILES string of the molecule is CC(=O)NO.O=C(C[N+](=O)[O-])c1ccccc1. The summed E-state index contributed by atoms with van der Waals surface area (Å²) in [5, 5.41) is 17.5. The molecule has 0 aromatic heterocycles. The molecule has 0 fully saturated rings. The highest BCUT2D eigenvalue weighted by atomic mass is 16.6. The highest BCUT2D eigenvalue weighted by molar-refractivity contribution is 5.96. The number of nitro groups is 1. The van der Waals surface area contributed by atoms with Crippen LogP contribution in [0.1, 0.15) is 17.3 Å². The molecule has 0 heterocycles. The molecule has 92 valence electrons. The molecule has 0 aliphatic heterocycles. The molecule has 1 rings (SSSR count). The number of amides is 1. The van der Waals surface area contributed by atoms with E-state index in [0.717, 1.165) is 0 Å². The van der Waals surface area contributed by atoms with Crippen LogP contribution in [-0.2, 0) is 4.79 Å². The summed E-state index contributed by atoms with van der Waals surface area (Å²) in [6.07, 6.45) is 0. The fourth-order valence-corrected chi connectivity index (χ4v) is 0.833. The molecule has 7 nitrogen and oxygen atoms in total. The number of benzene rings is 1. The quantitative estimate of drug-likeness (QED) is 0.349. The molecule has 0 saturated heterocycles. The van der Waals surface area contributed by atoms with E-state index in [1.807, 2.05) is 0 Å². The molecule has 0 radical (unpaired) electrons. The molecular formula is C10H12N2O5. The van der Waals surface area contributed by atoms with Crippen LogP contribution in [0.4, 0.5) is 0 Å². The Labute approximate surface area is 97.2 Å². The van der Waals surface area contributed by atoms with Crippen molar-refractivity contribution >= 4 is 11.7 Å². The van der Waals surface area contributed by atoms with E-state index in [4.69, 9.17) is 5.21 Å². The normalized spacial score (nSPS) is 8.59. The Hall–Kier alpha value is -2.28. The average Bonchev–Trinajstić information content (AvgIpc) is 2.30. The van der Waals surface area contributed by atoms with Crippen LogP contribution in [0.15, 0.2) is 30.3 Å².